The van der Waals surface area contributed by atoms with Crippen molar-refractivity contribution in [1.29, 1.82) is 0 Å². The van der Waals surface area contributed by atoms with Gasteiger partial charge in [0.05, 0.1) is 0 Å². The van der Waals surface area contributed by atoms with Gasteiger partial charge in [-0.25, -0.2) is 4.98 Å². The molecule has 2 rings (SSSR count). The predicted molar refractivity (Wildman–Crippen MR) is 66.4 cm³/mol. The standard InChI is InChI=1S/C11H18N4S/c1-7-3-5-8(6-4-7)9-13-10(12)15-11(14-9)16-2/h7-8H,3-6H2,1-2H3,(H2,12,13,14,15). The summed E-state index contributed by atoms with van der Waals surface area (Å²) < 4.78 is 0. The number of nitrogens with zero attached hydrogens (tertiary/aromatic N) is 3. The Bertz CT molecular complexity index is 361. The summed E-state index contributed by atoms with van der Waals surface area (Å²) in [5.74, 6) is 2.57. The van der Waals surface area contributed by atoms with E-state index in [1.165, 1.54) is 37.4 Å². The summed E-state index contributed by atoms with van der Waals surface area (Å²) in [5, 5.41) is 0.737. The van der Waals surface area contributed by atoms with Crippen molar-refractivity contribution in [2.45, 2.75) is 43.7 Å². The minimum atomic E-state index is 0.355. The number of thioether (sulfide) groups is 1. The van der Waals surface area contributed by atoms with E-state index in [2.05, 4.69) is 21.9 Å². The molecule has 0 unspecified atom stereocenters. The fraction of sp³-hybridized carbons (Fsp3) is 0.727. The number of aromatic nitrogens is 3. The predicted octanol–water partition coefficient (Wildman–Crippen LogP) is 2.47. The summed E-state index contributed by atoms with van der Waals surface area (Å²) in [6.45, 7) is 2.31. The van der Waals surface area contributed by atoms with Gasteiger partial charge in [0, 0.05) is 5.92 Å². The van der Waals surface area contributed by atoms with Gasteiger partial charge >= 0.3 is 0 Å². The van der Waals surface area contributed by atoms with E-state index < -0.39 is 0 Å². The Morgan fingerprint density at radius 2 is 1.81 bits per heavy atom. The van der Waals surface area contributed by atoms with Gasteiger partial charge in [0.15, 0.2) is 5.16 Å². The number of nitrogens with two attached hydrogens (primary N) is 1. The molecule has 1 aromatic rings. The summed E-state index contributed by atoms with van der Waals surface area (Å²) in [4.78, 5) is 12.8. The molecule has 1 aromatic heterocycles. The van der Waals surface area contributed by atoms with Crippen LogP contribution in [0.4, 0.5) is 5.95 Å². The van der Waals surface area contributed by atoms with Crippen molar-refractivity contribution in [1.82, 2.24) is 15.0 Å². The van der Waals surface area contributed by atoms with Crippen molar-refractivity contribution in [2.24, 2.45) is 5.92 Å². The van der Waals surface area contributed by atoms with Crippen molar-refractivity contribution in [3.8, 4) is 0 Å². The van der Waals surface area contributed by atoms with Crippen molar-refractivity contribution in [3.63, 3.8) is 0 Å². The third-order valence-corrected chi connectivity index (χ3v) is 3.76. The largest absolute Gasteiger partial charge is 0.368 e. The number of anilines is 1. The first kappa shape index (κ1) is 11.6. The lowest BCUT2D eigenvalue weighted by Gasteiger charge is -2.25. The third-order valence-electron chi connectivity index (χ3n) is 3.21. The zero-order valence-corrected chi connectivity index (χ0v) is 10.6. The van der Waals surface area contributed by atoms with Crippen LogP contribution in [0.25, 0.3) is 0 Å². The average molecular weight is 238 g/mol. The molecule has 1 aliphatic rings. The first-order valence-corrected chi connectivity index (χ1v) is 6.97. The maximum Gasteiger partial charge on any atom is 0.224 e. The van der Waals surface area contributed by atoms with Gasteiger partial charge in [0.2, 0.25) is 5.95 Å². The van der Waals surface area contributed by atoms with Crippen LogP contribution in [0.1, 0.15) is 44.3 Å². The second-order valence-electron chi connectivity index (χ2n) is 4.50. The van der Waals surface area contributed by atoms with Crippen LogP contribution in [-0.2, 0) is 0 Å². The lowest BCUT2D eigenvalue weighted by atomic mass is 9.82. The van der Waals surface area contributed by atoms with Gasteiger partial charge in [0.25, 0.3) is 0 Å². The Morgan fingerprint density at radius 1 is 1.12 bits per heavy atom. The molecule has 0 bridgehead atoms. The Labute approximate surface area is 100 Å². The van der Waals surface area contributed by atoms with Crippen molar-refractivity contribution >= 4 is 17.7 Å². The molecule has 0 spiro atoms. The second kappa shape index (κ2) is 4.99. The molecule has 0 saturated heterocycles. The highest BCUT2D eigenvalue weighted by Gasteiger charge is 2.22. The molecule has 88 valence electrons. The van der Waals surface area contributed by atoms with Gasteiger partial charge in [-0.15, -0.1) is 0 Å². The van der Waals surface area contributed by atoms with E-state index in [0.717, 1.165) is 16.9 Å². The summed E-state index contributed by atoms with van der Waals surface area (Å²) in [6.07, 6.45) is 6.86. The normalized spacial score (nSPS) is 25.6. The van der Waals surface area contributed by atoms with Crippen LogP contribution < -0.4 is 5.73 Å². The molecule has 1 heterocycles. The monoisotopic (exact) mass is 238 g/mol. The van der Waals surface area contributed by atoms with Gasteiger partial charge in [-0.3, -0.25) is 0 Å². The topological polar surface area (TPSA) is 64.7 Å². The molecule has 0 amide bonds. The maximum absolute atomic E-state index is 5.69. The van der Waals surface area contributed by atoms with Crippen LogP contribution in [0.3, 0.4) is 0 Å². The van der Waals surface area contributed by atoms with Crippen LogP contribution in [0, 0.1) is 5.92 Å². The fourth-order valence-electron chi connectivity index (χ4n) is 2.18. The van der Waals surface area contributed by atoms with Gasteiger partial charge in [-0.1, -0.05) is 31.5 Å². The summed E-state index contributed by atoms with van der Waals surface area (Å²) in [5.41, 5.74) is 5.69. The Kier molecular flexibility index (Phi) is 3.63. The molecule has 1 saturated carbocycles. The molecule has 5 heteroatoms. The lowest BCUT2D eigenvalue weighted by Crippen LogP contribution is -2.15. The quantitative estimate of drug-likeness (QED) is 0.802. The highest BCUT2D eigenvalue weighted by molar-refractivity contribution is 7.98. The molecule has 16 heavy (non-hydrogen) atoms. The van der Waals surface area contributed by atoms with E-state index in [0.29, 0.717) is 11.9 Å². The van der Waals surface area contributed by atoms with Gasteiger partial charge in [0.1, 0.15) is 5.82 Å². The van der Waals surface area contributed by atoms with Crippen LogP contribution in [0.5, 0.6) is 0 Å². The molecular formula is C11H18N4S. The van der Waals surface area contributed by atoms with Crippen LogP contribution in [-0.4, -0.2) is 21.2 Å². The number of hydrogen-bond acceptors (Lipinski definition) is 5. The van der Waals surface area contributed by atoms with E-state index in [9.17, 15) is 0 Å². The average Bonchev–Trinajstić information content (AvgIpc) is 2.29. The summed E-state index contributed by atoms with van der Waals surface area (Å²) >= 11 is 1.52. The first-order chi connectivity index (χ1) is 7.69. The highest BCUT2D eigenvalue weighted by Crippen LogP contribution is 2.34. The molecular weight excluding hydrogens is 220 g/mol. The zero-order chi connectivity index (χ0) is 11.5. The highest BCUT2D eigenvalue weighted by atomic mass is 32.2. The number of nitrogen functional groups attached to an aromatic ring is 1. The molecule has 2 N–H and O–H groups in total. The third kappa shape index (κ3) is 2.64. The van der Waals surface area contributed by atoms with E-state index in [1.54, 1.807) is 0 Å². The van der Waals surface area contributed by atoms with E-state index >= 15 is 0 Å². The first-order valence-electron chi connectivity index (χ1n) is 5.74. The summed E-state index contributed by atoms with van der Waals surface area (Å²) in [6, 6.07) is 0. The van der Waals surface area contributed by atoms with E-state index in [1.807, 2.05) is 6.26 Å². The lowest BCUT2D eigenvalue weighted by molar-refractivity contribution is 0.338. The van der Waals surface area contributed by atoms with Crippen LogP contribution in [0.2, 0.25) is 0 Å². The van der Waals surface area contributed by atoms with E-state index in [-0.39, 0.29) is 0 Å². The van der Waals surface area contributed by atoms with Crippen molar-refractivity contribution in [2.75, 3.05) is 12.0 Å². The Hall–Kier alpha value is -0.840. The summed E-state index contributed by atoms with van der Waals surface area (Å²) in [7, 11) is 0. The second-order valence-corrected chi connectivity index (χ2v) is 5.27. The molecule has 0 atom stereocenters. The Morgan fingerprint density at radius 3 is 2.44 bits per heavy atom. The van der Waals surface area contributed by atoms with Crippen molar-refractivity contribution in [3.05, 3.63) is 5.82 Å². The molecule has 4 nitrogen and oxygen atoms in total. The number of hydrogen-bond donors (Lipinski definition) is 1. The van der Waals surface area contributed by atoms with Gasteiger partial charge in [-0.05, 0) is 25.0 Å². The van der Waals surface area contributed by atoms with Gasteiger partial charge in [-0.2, -0.15) is 9.97 Å². The molecule has 1 fully saturated rings. The molecule has 0 radical (unpaired) electrons. The fourth-order valence-corrected chi connectivity index (χ4v) is 2.55. The molecule has 0 aromatic carbocycles. The van der Waals surface area contributed by atoms with Crippen LogP contribution >= 0.6 is 11.8 Å². The van der Waals surface area contributed by atoms with Gasteiger partial charge < -0.3 is 5.73 Å². The minimum Gasteiger partial charge on any atom is -0.368 e. The smallest absolute Gasteiger partial charge is 0.224 e. The van der Waals surface area contributed by atoms with Crippen molar-refractivity contribution < 1.29 is 0 Å². The minimum absolute atomic E-state index is 0.355. The maximum atomic E-state index is 5.69. The van der Waals surface area contributed by atoms with E-state index in [4.69, 9.17) is 5.73 Å². The molecule has 0 aliphatic heterocycles. The number of rotatable bonds is 2. The zero-order valence-electron chi connectivity index (χ0n) is 9.81. The SMILES string of the molecule is CSc1nc(N)nc(C2CCC(C)CC2)n1. The molecule has 1 aliphatic carbocycles. The van der Waals surface area contributed by atoms with Crippen LogP contribution in [0.15, 0.2) is 5.16 Å². The Balaban J connectivity index is 2.16.